The maximum Gasteiger partial charge on any atom is 0.416 e. The number of carbonyl (C=O) groups excluding carboxylic acids is 2. The van der Waals surface area contributed by atoms with Gasteiger partial charge in [-0.05, 0) is 42.7 Å². The highest BCUT2D eigenvalue weighted by Crippen LogP contribution is 2.32. The summed E-state index contributed by atoms with van der Waals surface area (Å²) in [7, 11) is 0. The van der Waals surface area contributed by atoms with E-state index in [2.05, 4.69) is 10.3 Å². The summed E-state index contributed by atoms with van der Waals surface area (Å²) in [4.78, 5) is 29.6. The summed E-state index contributed by atoms with van der Waals surface area (Å²) in [6, 6.07) is 5.96. The molecule has 0 spiro atoms. The van der Waals surface area contributed by atoms with Crippen molar-refractivity contribution < 1.29 is 22.8 Å². The molecule has 0 bridgehead atoms. The van der Waals surface area contributed by atoms with Gasteiger partial charge in [0.15, 0.2) is 5.78 Å². The Balaban J connectivity index is 1.95. The van der Waals surface area contributed by atoms with Gasteiger partial charge in [-0.3, -0.25) is 9.59 Å². The average Bonchev–Trinajstić information content (AvgIpc) is 2.71. The molecule has 0 saturated heterocycles. The van der Waals surface area contributed by atoms with Crippen LogP contribution in [0.25, 0.3) is 0 Å². The first-order chi connectivity index (χ1) is 13.8. The van der Waals surface area contributed by atoms with Crippen LogP contribution in [-0.2, 0) is 11.0 Å². The first-order valence-corrected chi connectivity index (χ1v) is 9.77. The summed E-state index contributed by atoms with van der Waals surface area (Å²) >= 11 is 5.85. The molecule has 1 aromatic carbocycles. The predicted octanol–water partition coefficient (Wildman–Crippen LogP) is 5.37. The maximum atomic E-state index is 13.2. The molecule has 29 heavy (non-hydrogen) atoms. The molecule has 1 amide bonds. The number of benzene rings is 1. The Kier molecular flexibility index (Phi) is 6.57. The van der Waals surface area contributed by atoms with Crippen LogP contribution >= 0.6 is 11.6 Å². The van der Waals surface area contributed by atoms with E-state index in [0.29, 0.717) is 12.8 Å². The van der Waals surface area contributed by atoms with Crippen molar-refractivity contribution in [2.24, 2.45) is 5.92 Å². The smallest absolute Gasteiger partial charge is 0.342 e. The fraction of sp³-hybridized carbons (Fsp3) is 0.381. The molecule has 154 valence electrons. The van der Waals surface area contributed by atoms with Gasteiger partial charge in [0.25, 0.3) is 0 Å². The number of nitrogens with one attached hydrogen (secondary N) is 1. The zero-order valence-electron chi connectivity index (χ0n) is 15.5. The van der Waals surface area contributed by atoms with Gasteiger partial charge >= 0.3 is 6.18 Å². The number of amides is 1. The molecule has 0 aliphatic heterocycles. The molecule has 1 heterocycles. The summed E-state index contributed by atoms with van der Waals surface area (Å²) in [5.74, 6) is -1.11. The van der Waals surface area contributed by atoms with Gasteiger partial charge in [-0.15, -0.1) is 0 Å². The number of hydrogen-bond acceptors (Lipinski definition) is 3. The average molecular weight is 425 g/mol. The fourth-order valence-corrected chi connectivity index (χ4v) is 3.72. The number of pyridine rings is 1. The van der Waals surface area contributed by atoms with E-state index in [4.69, 9.17) is 11.6 Å². The van der Waals surface area contributed by atoms with E-state index < -0.39 is 23.6 Å². The normalized spacial score (nSPS) is 16.3. The summed E-state index contributed by atoms with van der Waals surface area (Å²) in [5.41, 5.74) is -0.647. The minimum atomic E-state index is -4.56. The van der Waals surface area contributed by atoms with Crippen LogP contribution < -0.4 is 5.32 Å². The van der Waals surface area contributed by atoms with E-state index in [9.17, 15) is 22.8 Å². The third kappa shape index (κ3) is 5.35. The number of halogens is 4. The SMILES string of the molecule is O=C(NC(C(=O)c1ccnc(Cl)c1)c1cccc(C(F)(F)F)c1)C1CCCCC1. The number of hydrogen-bond donors (Lipinski definition) is 1. The quantitative estimate of drug-likeness (QED) is 0.518. The molecule has 1 unspecified atom stereocenters. The van der Waals surface area contributed by atoms with Gasteiger partial charge in [-0.2, -0.15) is 13.2 Å². The highest BCUT2D eigenvalue weighted by molar-refractivity contribution is 6.29. The van der Waals surface area contributed by atoms with Crippen LogP contribution in [0.3, 0.4) is 0 Å². The molecule has 1 atom stereocenters. The third-order valence-electron chi connectivity index (χ3n) is 5.08. The lowest BCUT2D eigenvalue weighted by molar-refractivity contribution is -0.137. The van der Waals surface area contributed by atoms with Crippen LogP contribution in [0.15, 0.2) is 42.6 Å². The second kappa shape index (κ2) is 8.95. The van der Waals surface area contributed by atoms with E-state index in [-0.39, 0.29) is 28.1 Å². The van der Waals surface area contributed by atoms with Crippen molar-refractivity contribution in [1.82, 2.24) is 10.3 Å². The molecule has 1 aromatic heterocycles. The second-order valence-electron chi connectivity index (χ2n) is 7.13. The van der Waals surface area contributed by atoms with E-state index in [1.54, 1.807) is 0 Å². The topological polar surface area (TPSA) is 59.1 Å². The van der Waals surface area contributed by atoms with Gasteiger partial charge in [0, 0.05) is 17.7 Å². The standard InChI is InChI=1S/C21H20ClF3N2O2/c22-17-12-15(9-10-26-17)19(28)18(27-20(29)13-5-2-1-3-6-13)14-7-4-8-16(11-14)21(23,24)25/h4,7-13,18H,1-3,5-6H2,(H,27,29). The van der Waals surface area contributed by atoms with Gasteiger partial charge in [0.1, 0.15) is 11.2 Å². The number of aromatic nitrogens is 1. The molecular weight excluding hydrogens is 405 g/mol. The molecule has 1 aliphatic rings. The lowest BCUT2D eigenvalue weighted by Gasteiger charge is -2.25. The van der Waals surface area contributed by atoms with Crippen molar-refractivity contribution in [1.29, 1.82) is 0 Å². The molecule has 1 saturated carbocycles. The zero-order chi connectivity index (χ0) is 21.0. The molecule has 1 N–H and O–H groups in total. The number of rotatable bonds is 5. The minimum Gasteiger partial charge on any atom is -0.342 e. The molecule has 0 radical (unpaired) electrons. The van der Waals surface area contributed by atoms with Crippen LogP contribution in [0.2, 0.25) is 5.15 Å². The Hall–Kier alpha value is -2.41. The Morgan fingerprint density at radius 1 is 1.10 bits per heavy atom. The Morgan fingerprint density at radius 3 is 2.48 bits per heavy atom. The van der Waals surface area contributed by atoms with Crippen LogP contribution in [-0.4, -0.2) is 16.7 Å². The van der Waals surface area contributed by atoms with E-state index >= 15 is 0 Å². The van der Waals surface area contributed by atoms with Crippen molar-refractivity contribution in [3.05, 3.63) is 64.4 Å². The van der Waals surface area contributed by atoms with Crippen LogP contribution in [0.1, 0.15) is 59.6 Å². The molecule has 2 aromatic rings. The maximum absolute atomic E-state index is 13.2. The van der Waals surface area contributed by atoms with Crippen molar-refractivity contribution >= 4 is 23.3 Å². The Morgan fingerprint density at radius 2 is 1.83 bits per heavy atom. The summed E-state index contributed by atoms with van der Waals surface area (Å²) < 4.78 is 39.5. The molecule has 1 aliphatic carbocycles. The van der Waals surface area contributed by atoms with Crippen molar-refractivity contribution in [2.45, 2.75) is 44.3 Å². The fourth-order valence-electron chi connectivity index (χ4n) is 3.54. The summed E-state index contributed by atoms with van der Waals surface area (Å²) in [6.07, 6.45) is 1.07. The summed E-state index contributed by atoms with van der Waals surface area (Å²) in [6.45, 7) is 0. The van der Waals surface area contributed by atoms with Crippen molar-refractivity contribution in [3.63, 3.8) is 0 Å². The predicted molar refractivity (Wildman–Crippen MR) is 102 cm³/mol. The lowest BCUT2D eigenvalue weighted by atomic mass is 9.88. The Bertz CT molecular complexity index is 895. The number of carbonyl (C=O) groups is 2. The lowest BCUT2D eigenvalue weighted by Crippen LogP contribution is -2.38. The second-order valence-corrected chi connectivity index (χ2v) is 7.52. The van der Waals surface area contributed by atoms with Gasteiger partial charge in [-0.25, -0.2) is 4.98 Å². The van der Waals surface area contributed by atoms with Crippen LogP contribution in [0.5, 0.6) is 0 Å². The number of alkyl halides is 3. The first kappa shape index (κ1) is 21.3. The monoisotopic (exact) mass is 424 g/mol. The van der Waals surface area contributed by atoms with Gasteiger partial charge < -0.3 is 5.32 Å². The van der Waals surface area contributed by atoms with E-state index in [1.807, 2.05) is 0 Å². The zero-order valence-corrected chi connectivity index (χ0v) is 16.3. The molecular formula is C21H20ClF3N2O2. The number of nitrogens with zero attached hydrogens (tertiary/aromatic N) is 1. The molecule has 8 heteroatoms. The van der Waals surface area contributed by atoms with E-state index in [1.165, 1.54) is 30.5 Å². The third-order valence-corrected chi connectivity index (χ3v) is 5.29. The number of ketones is 1. The Labute approximate surface area is 171 Å². The van der Waals surface area contributed by atoms with Crippen LogP contribution in [0.4, 0.5) is 13.2 Å². The molecule has 3 rings (SSSR count). The number of Topliss-reactive ketones (excluding diaryl/α,β-unsaturated/α-hetero) is 1. The van der Waals surface area contributed by atoms with Crippen LogP contribution in [0, 0.1) is 5.92 Å². The first-order valence-electron chi connectivity index (χ1n) is 9.39. The largest absolute Gasteiger partial charge is 0.416 e. The van der Waals surface area contributed by atoms with Gasteiger partial charge in [-0.1, -0.05) is 43.0 Å². The van der Waals surface area contributed by atoms with Crippen molar-refractivity contribution in [2.75, 3.05) is 0 Å². The highest BCUT2D eigenvalue weighted by Gasteiger charge is 2.33. The molecule has 1 fully saturated rings. The van der Waals surface area contributed by atoms with Gasteiger partial charge in [0.05, 0.1) is 5.56 Å². The van der Waals surface area contributed by atoms with E-state index in [0.717, 1.165) is 31.4 Å². The highest BCUT2D eigenvalue weighted by atomic mass is 35.5. The summed E-state index contributed by atoms with van der Waals surface area (Å²) in [5, 5.41) is 2.76. The van der Waals surface area contributed by atoms with Crippen molar-refractivity contribution in [3.8, 4) is 0 Å². The minimum absolute atomic E-state index is 0.0712. The van der Waals surface area contributed by atoms with Gasteiger partial charge in [0.2, 0.25) is 5.91 Å². The molecule has 4 nitrogen and oxygen atoms in total.